The van der Waals surface area contributed by atoms with E-state index >= 15 is 0 Å². The molecule has 1 aromatic carbocycles. The predicted molar refractivity (Wildman–Crippen MR) is 97.0 cm³/mol. The Balaban J connectivity index is 2.12. The Morgan fingerprint density at radius 1 is 1.31 bits per heavy atom. The number of aromatic nitrogens is 1. The van der Waals surface area contributed by atoms with Crippen LogP contribution in [0.25, 0.3) is 0 Å². The minimum Gasteiger partial charge on any atom is -0.478 e. The third-order valence-electron chi connectivity index (χ3n) is 3.34. The fraction of sp³-hybridized carbons (Fsp3) is 0.222. The Bertz CT molecular complexity index is 920. The van der Waals surface area contributed by atoms with Crippen LogP contribution in [0.1, 0.15) is 22.8 Å². The van der Waals surface area contributed by atoms with Crippen molar-refractivity contribution in [1.82, 2.24) is 15.0 Å². The molecule has 0 atom stereocenters. The van der Waals surface area contributed by atoms with Crippen LogP contribution in [-0.4, -0.2) is 32.5 Å². The molecule has 8 heteroatoms. The number of hydrogen-bond acceptors (Lipinski definition) is 5. The minimum atomic E-state index is -3.76. The first kappa shape index (κ1) is 19.4. The van der Waals surface area contributed by atoms with Crippen LogP contribution in [0.2, 0.25) is 0 Å². The fourth-order valence-corrected chi connectivity index (χ4v) is 3.11. The van der Waals surface area contributed by atoms with Crippen LogP contribution in [-0.2, 0) is 16.6 Å². The summed E-state index contributed by atoms with van der Waals surface area (Å²) in [6, 6.07) is 9.25. The number of amides is 1. The van der Waals surface area contributed by atoms with Gasteiger partial charge in [-0.2, -0.15) is 4.72 Å². The highest BCUT2D eigenvalue weighted by molar-refractivity contribution is 7.89. The highest BCUT2D eigenvalue weighted by Crippen LogP contribution is 2.15. The maximum Gasteiger partial charge on any atom is 0.251 e. The van der Waals surface area contributed by atoms with Crippen LogP contribution in [0.15, 0.2) is 47.5 Å². The van der Waals surface area contributed by atoms with Gasteiger partial charge in [-0.3, -0.25) is 4.79 Å². The molecule has 0 bridgehead atoms. The number of hydrogen-bond donors (Lipinski definition) is 2. The van der Waals surface area contributed by atoms with E-state index in [2.05, 4.69) is 20.9 Å². The lowest BCUT2D eigenvalue weighted by atomic mass is 10.2. The summed E-state index contributed by atoms with van der Waals surface area (Å²) in [5, 5.41) is 2.73. The molecular formula is C18H19N3O4S. The van der Waals surface area contributed by atoms with Gasteiger partial charge < -0.3 is 10.1 Å². The highest BCUT2D eigenvalue weighted by Gasteiger charge is 2.16. The van der Waals surface area contributed by atoms with E-state index in [9.17, 15) is 13.2 Å². The van der Waals surface area contributed by atoms with Crippen LogP contribution in [0.3, 0.4) is 0 Å². The lowest BCUT2D eigenvalue weighted by molar-refractivity contribution is 0.0950. The van der Waals surface area contributed by atoms with E-state index in [1.54, 1.807) is 18.3 Å². The summed E-state index contributed by atoms with van der Waals surface area (Å²) in [5.74, 6) is 2.24. The fourth-order valence-electron chi connectivity index (χ4n) is 2.13. The molecule has 1 aromatic heterocycles. The van der Waals surface area contributed by atoms with Crippen LogP contribution < -0.4 is 14.8 Å². The predicted octanol–water partition coefficient (Wildman–Crippen LogP) is 1.32. The van der Waals surface area contributed by atoms with E-state index in [1.807, 2.05) is 6.92 Å². The normalized spacial score (nSPS) is 10.8. The third kappa shape index (κ3) is 5.05. The molecule has 7 nitrogen and oxygen atoms in total. The third-order valence-corrected chi connectivity index (χ3v) is 4.74. The van der Waals surface area contributed by atoms with Crippen molar-refractivity contribution < 1.29 is 17.9 Å². The van der Waals surface area contributed by atoms with Crippen LogP contribution >= 0.6 is 0 Å². The van der Waals surface area contributed by atoms with Crippen molar-refractivity contribution in [2.75, 3.05) is 13.2 Å². The van der Waals surface area contributed by atoms with Gasteiger partial charge in [0.05, 0.1) is 18.0 Å². The van der Waals surface area contributed by atoms with Gasteiger partial charge in [0.25, 0.3) is 5.91 Å². The van der Waals surface area contributed by atoms with Crippen molar-refractivity contribution in [3.63, 3.8) is 0 Å². The first-order valence-electron chi connectivity index (χ1n) is 7.86. The van der Waals surface area contributed by atoms with Gasteiger partial charge in [0.15, 0.2) is 0 Å². The van der Waals surface area contributed by atoms with Crippen molar-refractivity contribution in [2.24, 2.45) is 0 Å². The van der Waals surface area contributed by atoms with Gasteiger partial charge in [-0.25, -0.2) is 13.4 Å². The molecule has 0 saturated heterocycles. The van der Waals surface area contributed by atoms with Crippen LogP contribution in [0, 0.1) is 12.3 Å². The van der Waals surface area contributed by atoms with Gasteiger partial charge in [0.2, 0.25) is 15.9 Å². The topological polar surface area (TPSA) is 97.4 Å². The lowest BCUT2D eigenvalue weighted by Gasteiger charge is -2.10. The zero-order valence-electron chi connectivity index (χ0n) is 14.2. The van der Waals surface area contributed by atoms with Crippen LogP contribution in [0.4, 0.5) is 0 Å². The number of sulfonamides is 1. The van der Waals surface area contributed by atoms with Crippen molar-refractivity contribution in [2.45, 2.75) is 18.4 Å². The lowest BCUT2D eigenvalue weighted by Crippen LogP contribution is -2.26. The maximum atomic E-state index is 12.4. The zero-order chi connectivity index (χ0) is 19.0. The highest BCUT2D eigenvalue weighted by atomic mass is 32.2. The number of rotatable bonds is 8. The van der Waals surface area contributed by atoms with Gasteiger partial charge in [-0.1, -0.05) is 18.1 Å². The molecule has 0 aliphatic carbocycles. The Labute approximate surface area is 152 Å². The molecule has 1 heterocycles. The largest absolute Gasteiger partial charge is 0.478 e. The van der Waals surface area contributed by atoms with E-state index in [-0.39, 0.29) is 23.5 Å². The molecule has 26 heavy (non-hydrogen) atoms. The summed E-state index contributed by atoms with van der Waals surface area (Å²) in [4.78, 5) is 16.4. The molecule has 2 N–H and O–H groups in total. The molecule has 0 spiro atoms. The molecule has 0 unspecified atom stereocenters. The Morgan fingerprint density at radius 2 is 2.12 bits per heavy atom. The summed E-state index contributed by atoms with van der Waals surface area (Å²) >= 11 is 0. The number of nitrogens with one attached hydrogen (secondary N) is 2. The van der Waals surface area contributed by atoms with Crippen molar-refractivity contribution >= 4 is 15.9 Å². The van der Waals surface area contributed by atoms with E-state index in [4.69, 9.17) is 11.2 Å². The second-order valence-electron chi connectivity index (χ2n) is 5.14. The number of ether oxygens (including phenoxy) is 1. The van der Waals surface area contributed by atoms with Gasteiger partial charge in [-0.15, -0.1) is 6.42 Å². The van der Waals surface area contributed by atoms with Gasteiger partial charge in [0, 0.05) is 23.9 Å². The maximum absolute atomic E-state index is 12.4. The summed E-state index contributed by atoms with van der Waals surface area (Å²) in [6.07, 6.45) is 6.67. The summed E-state index contributed by atoms with van der Waals surface area (Å²) in [6.45, 7) is 2.38. The molecule has 0 aliphatic heterocycles. The van der Waals surface area contributed by atoms with Gasteiger partial charge in [-0.05, 0) is 31.2 Å². The summed E-state index contributed by atoms with van der Waals surface area (Å²) in [5.41, 5.74) is 0.942. The number of nitrogens with zero attached hydrogens (tertiary/aromatic N) is 1. The number of terminal acetylenes is 1. The second kappa shape index (κ2) is 8.99. The number of carbonyl (C=O) groups excluding carboxylic acids is 1. The zero-order valence-corrected chi connectivity index (χ0v) is 15.0. The summed E-state index contributed by atoms with van der Waals surface area (Å²) in [7, 11) is -3.76. The number of pyridine rings is 1. The smallest absolute Gasteiger partial charge is 0.251 e. The van der Waals surface area contributed by atoms with E-state index in [1.165, 1.54) is 24.3 Å². The van der Waals surface area contributed by atoms with E-state index in [0.29, 0.717) is 12.5 Å². The first-order valence-corrected chi connectivity index (χ1v) is 9.34. The quantitative estimate of drug-likeness (QED) is 0.680. The van der Waals surface area contributed by atoms with Crippen molar-refractivity contribution in [1.29, 1.82) is 0 Å². The Morgan fingerprint density at radius 3 is 2.85 bits per heavy atom. The first-order chi connectivity index (χ1) is 12.5. The van der Waals surface area contributed by atoms with Crippen molar-refractivity contribution in [3.8, 4) is 18.2 Å². The molecule has 2 rings (SSSR count). The average molecular weight is 373 g/mol. The number of benzene rings is 1. The molecule has 2 aromatic rings. The molecular weight excluding hydrogens is 354 g/mol. The van der Waals surface area contributed by atoms with Gasteiger partial charge in [0.1, 0.15) is 0 Å². The average Bonchev–Trinajstić information content (AvgIpc) is 2.66. The monoisotopic (exact) mass is 373 g/mol. The summed E-state index contributed by atoms with van der Waals surface area (Å²) < 4.78 is 31.9. The molecule has 136 valence electrons. The molecule has 0 saturated carbocycles. The minimum absolute atomic E-state index is 0.0308. The van der Waals surface area contributed by atoms with E-state index in [0.717, 1.165) is 5.56 Å². The second-order valence-corrected chi connectivity index (χ2v) is 6.91. The SMILES string of the molecule is C#CCNS(=O)(=O)c1cccc(C(=O)NCc2cccnc2OCC)c1. The number of carbonyl (C=O) groups is 1. The van der Waals surface area contributed by atoms with Crippen molar-refractivity contribution in [3.05, 3.63) is 53.7 Å². The van der Waals surface area contributed by atoms with Gasteiger partial charge >= 0.3 is 0 Å². The Hall–Kier alpha value is -2.89. The Kier molecular flexibility index (Phi) is 6.72. The standard InChI is InChI=1S/C18H19N3O4S/c1-3-10-21-26(23,24)16-9-5-7-14(12-16)17(22)20-13-15-8-6-11-19-18(15)25-4-2/h1,5-9,11-12,21H,4,10,13H2,2H3,(H,20,22). The molecule has 1 amide bonds. The van der Waals surface area contributed by atoms with Crippen LogP contribution in [0.5, 0.6) is 5.88 Å². The molecule has 0 radical (unpaired) electrons. The van der Waals surface area contributed by atoms with E-state index < -0.39 is 15.9 Å². The molecule has 0 aliphatic rings. The molecule has 0 fully saturated rings.